The molecule has 0 radical (unpaired) electrons. The van der Waals surface area contributed by atoms with Gasteiger partial charge in [0, 0.05) is 12.6 Å². The molecule has 1 fully saturated rings. The van der Waals surface area contributed by atoms with Gasteiger partial charge in [-0.25, -0.2) is 5.84 Å². The summed E-state index contributed by atoms with van der Waals surface area (Å²) in [7, 11) is 0. The van der Waals surface area contributed by atoms with Crippen molar-refractivity contribution in [3.8, 4) is 0 Å². The predicted molar refractivity (Wildman–Crippen MR) is 71.6 cm³/mol. The number of hydrogen-bond donors (Lipinski definition) is 2. The van der Waals surface area contributed by atoms with E-state index in [4.69, 9.17) is 5.84 Å². The third-order valence-electron chi connectivity index (χ3n) is 3.62. The Kier molecular flexibility index (Phi) is 4.33. The maximum absolute atomic E-state index is 11.1. The van der Waals surface area contributed by atoms with Crippen molar-refractivity contribution >= 4 is 5.91 Å². The van der Waals surface area contributed by atoms with E-state index in [1.54, 1.807) is 0 Å². The molecule has 18 heavy (non-hydrogen) atoms. The highest BCUT2D eigenvalue weighted by Crippen LogP contribution is 2.19. The Balaban J connectivity index is 1.93. The van der Waals surface area contributed by atoms with Gasteiger partial charge in [0.25, 0.3) is 0 Å². The van der Waals surface area contributed by atoms with Crippen molar-refractivity contribution in [2.75, 3.05) is 6.54 Å². The summed E-state index contributed by atoms with van der Waals surface area (Å²) >= 11 is 0. The molecule has 0 bridgehead atoms. The SMILES string of the molecule is CC1CCCN1Cc1ccc(CC(=O)NN)cc1. The molecule has 2 rings (SSSR count). The van der Waals surface area contributed by atoms with Gasteiger partial charge in [-0.15, -0.1) is 0 Å². The van der Waals surface area contributed by atoms with Crippen molar-refractivity contribution in [1.29, 1.82) is 0 Å². The molecule has 4 heteroatoms. The predicted octanol–water partition coefficient (Wildman–Crippen LogP) is 1.20. The van der Waals surface area contributed by atoms with Crippen LogP contribution in [0.3, 0.4) is 0 Å². The molecule has 4 nitrogen and oxygen atoms in total. The lowest BCUT2D eigenvalue weighted by Crippen LogP contribution is -2.31. The Bertz CT molecular complexity index is 402. The first-order valence-electron chi connectivity index (χ1n) is 6.50. The molecule has 1 aliphatic rings. The molecule has 1 saturated heterocycles. The molecule has 0 aromatic heterocycles. The maximum atomic E-state index is 11.1. The highest BCUT2D eigenvalue weighted by molar-refractivity contribution is 5.77. The molecule has 3 N–H and O–H groups in total. The highest BCUT2D eigenvalue weighted by Gasteiger charge is 2.19. The van der Waals surface area contributed by atoms with E-state index in [9.17, 15) is 4.79 Å². The van der Waals surface area contributed by atoms with Crippen LogP contribution in [-0.2, 0) is 17.8 Å². The Hall–Kier alpha value is -1.39. The molecule has 1 amide bonds. The van der Waals surface area contributed by atoms with Gasteiger partial charge < -0.3 is 0 Å². The summed E-state index contributed by atoms with van der Waals surface area (Å²) < 4.78 is 0. The number of nitrogens with one attached hydrogen (secondary N) is 1. The van der Waals surface area contributed by atoms with E-state index in [2.05, 4.69) is 29.4 Å². The average molecular weight is 247 g/mol. The average Bonchev–Trinajstić information content (AvgIpc) is 2.77. The lowest BCUT2D eigenvalue weighted by Gasteiger charge is -2.20. The van der Waals surface area contributed by atoms with Crippen LogP contribution in [0.5, 0.6) is 0 Å². The zero-order valence-corrected chi connectivity index (χ0v) is 10.9. The van der Waals surface area contributed by atoms with E-state index in [-0.39, 0.29) is 5.91 Å². The first kappa shape index (κ1) is 13.1. The molecule has 1 heterocycles. The maximum Gasteiger partial charge on any atom is 0.238 e. The minimum atomic E-state index is -0.157. The second kappa shape index (κ2) is 5.98. The van der Waals surface area contributed by atoms with Gasteiger partial charge in [-0.2, -0.15) is 0 Å². The number of likely N-dealkylation sites (tertiary alicyclic amines) is 1. The molecule has 0 saturated carbocycles. The van der Waals surface area contributed by atoms with Gasteiger partial charge in [-0.3, -0.25) is 15.1 Å². The molecular weight excluding hydrogens is 226 g/mol. The van der Waals surface area contributed by atoms with Crippen molar-refractivity contribution in [1.82, 2.24) is 10.3 Å². The molecule has 1 aliphatic heterocycles. The van der Waals surface area contributed by atoms with Crippen LogP contribution >= 0.6 is 0 Å². The van der Waals surface area contributed by atoms with Crippen LogP contribution in [0.4, 0.5) is 0 Å². The van der Waals surface area contributed by atoms with Gasteiger partial charge in [-0.1, -0.05) is 24.3 Å². The van der Waals surface area contributed by atoms with Crippen LogP contribution in [0.25, 0.3) is 0 Å². The summed E-state index contributed by atoms with van der Waals surface area (Å²) in [5.74, 6) is 4.91. The number of nitrogens with two attached hydrogens (primary N) is 1. The Labute approximate surface area is 108 Å². The zero-order chi connectivity index (χ0) is 13.0. The molecule has 1 aromatic rings. The fraction of sp³-hybridized carbons (Fsp3) is 0.500. The van der Waals surface area contributed by atoms with Gasteiger partial charge in [0.05, 0.1) is 6.42 Å². The van der Waals surface area contributed by atoms with E-state index in [0.717, 1.165) is 12.1 Å². The summed E-state index contributed by atoms with van der Waals surface area (Å²) in [5.41, 5.74) is 4.45. The van der Waals surface area contributed by atoms with Gasteiger partial charge in [0.15, 0.2) is 0 Å². The van der Waals surface area contributed by atoms with E-state index in [0.29, 0.717) is 12.5 Å². The number of amides is 1. The molecule has 98 valence electrons. The van der Waals surface area contributed by atoms with Crippen molar-refractivity contribution in [3.63, 3.8) is 0 Å². The van der Waals surface area contributed by atoms with Crippen molar-refractivity contribution in [2.24, 2.45) is 5.84 Å². The lowest BCUT2D eigenvalue weighted by molar-refractivity contribution is -0.120. The van der Waals surface area contributed by atoms with Crippen LogP contribution in [0, 0.1) is 0 Å². The van der Waals surface area contributed by atoms with Crippen LogP contribution in [0.2, 0.25) is 0 Å². The minimum absolute atomic E-state index is 0.157. The Morgan fingerprint density at radius 2 is 2.06 bits per heavy atom. The van der Waals surface area contributed by atoms with Crippen LogP contribution in [-0.4, -0.2) is 23.4 Å². The summed E-state index contributed by atoms with van der Waals surface area (Å²) in [6, 6.07) is 8.90. The number of rotatable bonds is 4. The monoisotopic (exact) mass is 247 g/mol. The lowest BCUT2D eigenvalue weighted by atomic mass is 10.1. The van der Waals surface area contributed by atoms with Crippen molar-refractivity contribution < 1.29 is 4.79 Å². The number of hydrogen-bond acceptors (Lipinski definition) is 3. The number of benzene rings is 1. The van der Waals surface area contributed by atoms with Gasteiger partial charge in [-0.05, 0) is 37.4 Å². The summed E-state index contributed by atoms with van der Waals surface area (Å²) in [4.78, 5) is 13.6. The molecule has 1 unspecified atom stereocenters. The second-order valence-corrected chi connectivity index (χ2v) is 5.02. The number of nitrogens with zero attached hydrogens (tertiary/aromatic N) is 1. The minimum Gasteiger partial charge on any atom is -0.296 e. The second-order valence-electron chi connectivity index (χ2n) is 5.02. The highest BCUT2D eigenvalue weighted by atomic mass is 16.2. The third kappa shape index (κ3) is 3.31. The molecule has 0 aliphatic carbocycles. The normalized spacial score (nSPS) is 20.0. The molecule has 0 spiro atoms. The number of hydrazine groups is 1. The van der Waals surface area contributed by atoms with Crippen LogP contribution in [0.1, 0.15) is 30.9 Å². The van der Waals surface area contributed by atoms with Crippen LogP contribution < -0.4 is 11.3 Å². The first-order chi connectivity index (χ1) is 8.69. The standard InChI is InChI=1S/C14H21N3O/c1-11-3-2-8-17(11)10-13-6-4-12(5-7-13)9-14(18)16-15/h4-7,11H,2-3,8-10,15H2,1H3,(H,16,18). The van der Waals surface area contributed by atoms with Gasteiger partial charge in [0.1, 0.15) is 0 Å². The Morgan fingerprint density at radius 1 is 1.39 bits per heavy atom. The van der Waals surface area contributed by atoms with E-state index < -0.39 is 0 Å². The van der Waals surface area contributed by atoms with E-state index in [1.165, 1.54) is 24.9 Å². The number of carbonyl (C=O) groups is 1. The molecular formula is C14H21N3O. The Morgan fingerprint density at radius 3 is 2.61 bits per heavy atom. The van der Waals surface area contributed by atoms with Crippen LogP contribution in [0.15, 0.2) is 24.3 Å². The quantitative estimate of drug-likeness (QED) is 0.477. The molecule has 1 atom stereocenters. The van der Waals surface area contributed by atoms with Gasteiger partial charge in [0.2, 0.25) is 5.91 Å². The zero-order valence-electron chi connectivity index (χ0n) is 10.9. The van der Waals surface area contributed by atoms with Crippen molar-refractivity contribution in [2.45, 2.75) is 38.8 Å². The smallest absolute Gasteiger partial charge is 0.238 e. The first-order valence-corrected chi connectivity index (χ1v) is 6.50. The summed E-state index contributed by atoms with van der Waals surface area (Å²) in [6.45, 7) is 4.48. The van der Waals surface area contributed by atoms with E-state index in [1.807, 2.05) is 12.1 Å². The molecule has 1 aromatic carbocycles. The fourth-order valence-electron chi connectivity index (χ4n) is 2.46. The summed E-state index contributed by atoms with van der Waals surface area (Å²) in [5, 5.41) is 0. The van der Waals surface area contributed by atoms with E-state index >= 15 is 0 Å². The van der Waals surface area contributed by atoms with Crippen molar-refractivity contribution in [3.05, 3.63) is 35.4 Å². The topological polar surface area (TPSA) is 58.4 Å². The third-order valence-corrected chi connectivity index (χ3v) is 3.62. The largest absolute Gasteiger partial charge is 0.296 e. The fourth-order valence-corrected chi connectivity index (χ4v) is 2.46. The van der Waals surface area contributed by atoms with Gasteiger partial charge >= 0.3 is 0 Å². The number of carbonyl (C=O) groups excluding carboxylic acids is 1. The summed E-state index contributed by atoms with van der Waals surface area (Å²) in [6.07, 6.45) is 2.95.